The van der Waals surface area contributed by atoms with Crippen molar-refractivity contribution in [1.82, 2.24) is 14.7 Å². The van der Waals surface area contributed by atoms with Crippen molar-refractivity contribution in [1.29, 1.82) is 0 Å². The summed E-state index contributed by atoms with van der Waals surface area (Å²) in [6, 6.07) is 0. The fourth-order valence-corrected chi connectivity index (χ4v) is 2.62. The van der Waals surface area contributed by atoms with Gasteiger partial charge in [-0.3, -0.25) is 9.48 Å². The molecule has 1 saturated heterocycles. The van der Waals surface area contributed by atoms with E-state index in [4.69, 9.17) is 4.74 Å². The first-order chi connectivity index (χ1) is 9.61. The molecule has 0 N–H and O–H groups in total. The Kier molecular flexibility index (Phi) is 5.17. The molecule has 1 aromatic rings. The molecule has 0 aliphatic carbocycles. The normalized spacial score (nSPS) is 19.1. The zero-order valence-electron chi connectivity index (χ0n) is 12.8. The molecule has 20 heavy (non-hydrogen) atoms. The third kappa shape index (κ3) is 3.60. The largest absolute Gasteiger partial charge is 0.376 e. The molecular weight excluding hydrogens is 254 g/mol. The second-order valence-corrected chi connectivity index (χ2v) is 5.57. The number of rotatable bonds is 5. The van der Waals surface area contributed by atoms with Crippen LogP contribution in [0.3, 0.4) is 0 Å². The maximum Gasteiger partial charge on any atom is 0.257 e. The Morgan fingerprint density at radius 2 is 2.35 bits per heavy atom. The molecule has 112 valence electrons. The summed E-state index contributed by atoms with van der Waals surface area (Å²) in [6.07, 6.45) is 6.44. The van der Waals surface area contributed by atoms with Crippen molar-refractivity contribution < 1.29 is 9.53 Å². The minimum Gasteiger partial charge on any atom is -0.376 e. The van der Waals surface area contributed by atoms with E-state index in [1.54, 1.807) is 4.90 Å². The highest BCUT2D eigenvalue weighted by molar-refractivity contribution is 5.94. The number of aromatic nitrogens is 2. The number of carbonyl (C=O) groups excluding carboxylic acids is 1. The fourth-order valence-electron chi connectivity index (χ4n) is 2.62. The van der Waals surface area contributed by atoms with E-state index in [9.17, 15) is 4.79 Å². The quantitative estimate of drug-likeness (QED) is 0.830. The number of nitrogens with zero attached hydrogens (tertiary/aromatic N) is 3. The van der Waals surface area contributed by atoms with Crippen LogP contribution in [0.5, 0.6) is 0 Å². The van der Waals surface area contributed by atoms with Crippen molar-refractivity contribution in [2.24, 2.45) is 0 Å². The van der Waals surface area contributed by atoms with Crippen molar-refractivity contribution in [3.8, 4) is 0 Å². The number of carbonyl (C=O) groups is 1. The lowest BCUT2D eigenvalue weighted by molar-refractivity contribution is -0.000204. The number of likely N-dealkylation sites (N-methyl/N-ethyl adjacent to an activating group) is 1. The van der Waals surface area contributed by atoms with Gasteiger partial charge in [-0.25, -0.2) is 0 Å². The standard InChI is InChI=1S/C15H25N3O2/c1-4-8-18-11-14(12(2)16-18)15(19)17(3)10-13-7-5-6-9-20-13/h11,13H,4-10H2,1-3H3. The van der Waals surface area contributed by atoms with E-state index in [2.05, 4.69) is 12.0 Å². The molecule has 0 spiro atoms. The van der Waals surface area contributed by atoms with Gasteiger partial charge in [0.25, 0.3) is 5.91 Å². The van der Waals surface area contributed by atoms with Gasteiger partial charge < -0.3 is 9.64 Å². The van der Waals surface area contributed by atoms with Crippen LogP contribution >= 0.6 is 0 Å². The van der Waals surface area contributed by atoms with Crippen LogP contribution in [-0.2, 0) is 11.3 Å². The topological polar surface area (TPSA) is 47.4 Å². The Morgan fingerprint density at radius 1 is 1.55 bits per heavy atom. The van der Waals surface area contributed by atoms with Crippen molar-refractivity contribution in [3.05, 3.63) is 17.5 Å². The molecule has 1 aromatic heterocycles. The first-order valence-electron chi connectivity index (χ1n) is 7.53. The summed E-state index contributed by atoms with van der Waals surface area (Å²) in [7, 11) is 1.84. The molecule has 5 nitrogen and oxygen atoms in total. The van der Waals surface area contributed by atoms with Gasteiger partial charge in [0.2, 0.25) is 0 Å². The molecule has 1 unspecified atom stereocenters. The molecule has 2 rings (SSSR count). The van der Waals surface area contributed by atoms with Gasteiger partial charge in [-0.1, -0.05) is 6.92 Å². The van der Waals surface area contributed by atoms with Gasteiger partial charge in [-0.2, -0.15) is 5.10 Å². The first-order valence-corrected chi connectivity index (χ1v) is 7.53. The first kappa shape index (κ1) is 15.0. The summed E-state index contributed by atoms with van der Waals surface area (Å²) in [5.74, 6) is 0.0408. The molecule has 1 amide bonds. The van der Waals surface area contributed by atoms with Gasteiger partial charge >= 0.3 is 0 Å². The second-order valence-electron chi connectivity index (χ2n) is 5.57. The van der Waals surface area contributed by atoms with E-state index in [1.807, 2.05) is 24.9 Å². The number of amides is 1. The number of hydrogen-bond donors (Lipinski definition) is 0. The Labute approximate surface area is 120 Å². The summed E-state index contributed by atoms with van der Waals surface area (Å²) < 4.78 is 7.55. The molecule has 0 aromatic carbocycles. The summed E-state index contributed by atoms with van der Waals surface area (Å²) in [6.45, 7) is 6.33. The molecule has 1 fully saturated rings. The summed E-state index contributed by atoms with van der Waals surface area (Å²) in [5, 5.41) is 4.39. The van der Waals surface area contributed by atoms with E-state index < -0.39 is 0 Å². The molecule has 5 heteroatoms. The van der Waals surface area contributed by atoms with Crippen LogP contribution in [0.15, 0.2) is 6.20 Å². The van der Waals surface area contributed by atoms with Crippen LogP contribution < -0.4 is 0 Å². The zero-order valence-corrected chi connectivity index (χ0v) is 12.8. The maximum absolute atomic E-state index is 12.5. The Balaban J connectivity index is 1.98. The molecule has 0 radical (unpaired) electrons. The van der Waals surface area contributed by atoms with Gasteiger partial charge in [0, 0.05) is 32.9 Å². The predicted octanol–water partition coefficient (Wildman–Crippen LogP) is 2.24. The molecule has 1 aliphatic rings. The monoisotopic (exact) mass is 279 g/mol. The molecule has 0 bridgehead atoms. The van der Waals surface area contributed by atoms with E-state index in [1.165, 1.54) is 6.42 Å². The highest BCUT2D eigenvalue weighted by Crippen LogP contribution is 2.15. The van der Waals surface area contributed by atoms with Crippen molar-refractivity contribution in [2.45, 2.75) is 52.2 Å². The van der Waals surface area contributed by atoms with Crippen LogP contribution in [0.1, 0.15) is 48.7 Å². The van der Waals surface area contributed by atoms with Crippen LogP contribution in [-0.4, -0.2) is 46.9 Å². The fraction of sp³-hybridized carbons (Fsp3) is 0.733. The number of ether oxygens (including phenoxy) is 1. The highest BCUT2D eigenvalue weighted by Gasteiger charge is 2.22. The zero-order chi connectivity index (χ0) is 14.5. The van der Waals surface area contributed by atoms with Crippen molar-refractivity contribution >= 4 is 5.91 Å². The van der Waals surface area contributed by atoms with Crippen molar-refractivity contribution in [3.63, 3.8) is 0 Å². The minimum atomic E-state index is 0.0408. The van der Waals surface area contributed by atoms with Crippen LogP contribution in [0, 0.1) is 6.92 Å². The number of hydrogen-bond acceptors (Lipinski definition) is 3. The summed E-state index contributed by atoms with van der Waals surface area (Å²) in [4.78, 5) is 14.2. The lowest BCUT2D eigenvalue weighted by Crippen LogP contribution is -2.37. The highest BCUT2D eigenvalue weighted by atomic mass is 16.5. The second kappa shape index (κ2) is 6.88. The van der Waals surface area contributed by atoms with E-state index in [0.717, 1.165) is 38.1 Å². The average Bonchev–Trinajstić information content (AvgIpc) is 2.80. The van der Waals surface area contributed by atoms with Gasteiger partial charge in [0.15, 0.2) is 0 Å². The number of aryl methyl sites for hydroxylation is 2. The molecule has 1 atom stereocenters. The third-order valence-corrected chi connectivity index (χ3v) is 3.73. The van der Waals surface area contributed by atoms with Crippen LogP contribution in [0.4, 0.5) is 0 Å². The Bertz CT molecular complexity index is 450. The summed E-state index contributed by atoms with van der Waals surface area (Å²) >= 11 is 0. The maximum atomic E-state index is 12.5. The smallest absolute Gasteiger partial charge is 0.257 e. The van der Waals surface area contributed by atoms with Gasteiger partial charge in [0.05, 0.1) is 17.4 Å². The minimum absolute atomic E-state index is 0.0408. The molecule has 1 aliphatic heterocycles. The van der Waals surface area contributed by atoms with Gasteiger partial charge in [-0.15, -0.1) is 0 Å². The third-order valence-electron chi connectivity index (χ3n) is 3.73. The van der Waals surface area contributed by atoms with E-state index in [0.29, 0.717) is 12.1 Å². The Hall–Kier alpha value is -1.36. The van der Waals surface area contributed by atoms with Crippen LogP contribution in [0.25, 0.3) is 0 Å². The summed E-state index contributed by atoms with van der Waals surface area (Å²) in [5.41, 5.74) is 1.51. The van der Waals surface area contributed by atoms with Crippen LogP contribution in [0.2, 0.25) is 0 Å². The lowest BCUT2D eigenvalue weighted by Gasteiger charge is -2.27. The van der Waals surface area contributed by atoms with Gasteiger partial charge in [0.1, 0.15) is 0 Å². The SMILES string of the molecule is CCCn1cc(C(=O)N(C)CC2CCCCO2)c(C)n1. The average molecular weight is 279 g/mol. The van der Waals surface area contributed by atoms with Gasteiger partial charge in [-0.05, 0) is 32.6 Å². The molecular formula is C15H25N3O2. The van der Waals surface area contributed by atoms with Crippen molar-refractivity contribution in [2.75, 3.05) is 20.2 Å². The van der Waals surface area contributed by atoms with E-state index in [-0.39, 0.29) is 12.0 Å². The predicted molar refractivity (Wildman–Crippen MR) is 77.8 cm³/mol. The molecule has 0 saturated carbocycles. The van der Waals surface area contributed by atoms with E-state index >= 15 is 0 Å². The Morgan fingerprint density at radius 3 is 3.00 bits per heavy atom. The molecule has 2 heterocycles. The lowest BCUT2D eigenvalue weighted by atomic mass is 10.1.